The van der Waals surface area contributed by atoms with Gasteiger partial charge in [0.25, 0.3) is 5.91 Å². The van der Waals surface area contributed by atoms with Crippen molar-refractivity contribution in [3.63, 3.8) is 0 Å². The molecule has 108 valence electrons. The zero-order chi connectivity index (χ0) is 15.2. The number of amides is 1. The largest absolute Gasteiger partial charge is 0.347 e. The fourth-order valence-electron chi connectivity index (χ4n) is 1.77. The number of hydrogen-bond acceptors (Lipinski definition) is 5. The van der Waals surface area contributed by atoms with Gasteiger partial charge in [-0.1, -0.05) is 17.3 Å². The van der Waals surface area contributed by atoms with Crippen LogP contribution in [-0.4, -0.2) is 15.9 Å². The smallest absolute Gasteiger partial charge is 0.270 e. The van der Waals surface area contributed by atoms with E-state index in [0.29, 0.717) is 11.5 Å². The predicted octanol–water partition coefficient (Wildman–Crippen LogP) is 2.12. The predicted molar refractivity (Wildman–Crippen MR) is 73.8 cm³/mol. The molecule has 0 saturated heterocycles. The second-order valence-corrected chi connectivity index (χ2v) is 4.39. The molecule has 0 aliphatic heterocycles. The number of carbonyl (C=O) groups is 1. The van der Waals surface area contributed by atoms with Crippen LogP contribution in [0.2, 0.25) is 0 Å². The molecule has 0 atom stereocenters. The van der Waals surface area contributed by atoms with E-state index in [1.807, 2.05) is 0 Å². The summed E-state index contributed by atoms with van der Waals surface area (Å²) in [6, 6.07) is 7.24. The van der Waals surface area contributed by atoms with E-state index in [1.165, 1.54) is 18.2 Å². The number of nitroso groups, excluding NO2 is 1. The molecule has 1 N–H and O–H groups in total. The lowest BCUT2D eigenvalue weighted by Crippen LogP contribution is -2.24. The molecule has 1 amide bonds. The number of carbonyl (C=O) groups excluding carboxylic acids is 1. The summed E-state index contributed by atoms with van der Waals surface area (Å²) in [6.07, 6.45) is 0. The second-order valence-electron chi connectivity index (χ2n) is 4.39. The van der Waals surface area contributed by atoms with Gasteiger partial charge in [0.15, 0.2) is 0 Å². The minimum Gasteiger partial charge on any atom is -0.347 e. The minimum atomic E-state index is -0.392. The zero-order valence-electron chi connectivity index (χ0n) is 11.3. The van der Waals surface area contributed by atoms with Crippen LogP contribution in [0.5, 0.6) is 0 Å². The lowest BCUT2D eigenvalue weighted by Gasteiger charge is -2.06. The Bertz CT molecular complexity index is 659. The molecule has 0 spiro atoms. The van der Waals surface area contributed by atoms with Crippen molar-refractivity contribution in [3.05, 3.63) is 63.8 Å². The second kappa shape index (κ2) is 6.65. The number of hydrogen-bond donors (Lipinski definition) is 1. The van der Waals surface area contributed by atoms with E-state index in [4.69, 9.17) is 0 Å². The van der Waals surface area contributed by atoms with Crippen molar-refractivity contribution in [1.29, 1.82) is 0 Å². The molecule has 1 aromatic carbocycles. The maximum Gasteiger partial charge on any atom is 0.270 e. The summed E-state index contributed by atoms with van der Waals surface area (Å²) in [5.74, 6) is -0.331. The average molecular weight is 288 g/mol. The van der Waals surface area contributed by atoms with Gasteiger partial charge in [-0.2, -0.15) is 4.91 Å². The Balaban J connectivity index is 2.06. The average Bonchev–Trinajstić information content (AvgIpc) is 2.46. The summed E-state index contributed by atoms with van der Waals surface area (Å²) in [6.45, 7) is 1.77. The molecule has 0 fully saturated rings. The summed E-state index contributed by atoms with van der Waals surface area (Å²) >= 11 is 0. The number of aromatic nitrogens is 2. The van der Waals surface area contributed by atoms with Crippen molar-refractivity contribution < 1.29 is 9.18 Å². The molecule has 0 aliphatic rings. The molecule has 0 aliphatic carbocycles. The van der Waals surface area contributed by atoms with Crippen LogP contribution < -0.4 is 5.32 Å². The summed E-state index contributed by atoms with van der Waals surface area (Å²) in [7, 11) is 0. The molecule has 21 heavy (non-hydrogen) atoms. The molecule has 0 unspecified atom stereocenters. The number of rotatable bonds is 5. The first-order valence-corrected chi connectivity index (χ1v) is 6.25. The Morgan fingerprint density at radius 1 is 1.29 bits per heavy atom. The number of aryl methyl sites for hydroxylation is 1. The topological polar surface area (TPSA) is 84.3 Å². The molecular weight excluding hydrogens is 275 g/mol. The third-order valence-corrected chi connectivity index (χ3v) is 2.72. The maximum absolute atomic E-state index is 12.8. The maximum atomic E-state index is 12.8. The van der Waals surface area contributed by atoms with Crippen LogP contribution in [0.1, 0.15) is 27.6 Å². The lowest BCUT2D eigenvalue weighted by atomic mass is 10.2. The summed E-state index contributed by atoms with van der Waals surface area (Å²) < 4.78 is 12.8. The fourth-order valence-corrected chi connectivity index (χ4v) is 1.77. The van der Waals surface area contributed by atoms with Crippen LogP contribution in [-0.2, 0) is 13.1 Å². The molecule has 1 heterocycles. The van der Waals surface area contributed by atoms with Crippen LogP contribution in [0.3, 0.4) is 0 Å². The Morgan fingerprint density at radius 2 is 2.00 bits per heavy atom. The highest BCUT2D eigenvalue weighted by atomic mass is 19.1. The van der Waals surface area contributed by atoms with E-state index in [2.05, 4.69) is 20.5 Å². The van der Waals surface area contributed by atoms with Crippen LogP contribution in [0.25, 0.3) is 0 Å². The van der Waals surface area contributed by atoms with E-state index in [0.717, 1.165) is 5.56 Å². The monoisotopic (exact) mass is 288 g/mol. The van der Waals surface area contributed by atoms with Gasteiger partial charge in [-0.25, -0.2) is 14.4 Å². The highest BCUT2D eigenvalue weighted by molar-refractivity contribution is 5.92. The van der Waals surface area contributed by atoms with Gasteiger partial charge in [0.1, 0.15) is 23.9 Å². The lowest BCUT2D eigenvalue weighted by molar-refractivity contribution is 0.0945. The van der Waals surface area contributed by atoms with Crippen molar-refractivity contribution in [3.8, 4) is 0 Å². The third kappa shape index (κ3) is 4.13. The van der Waals surface area contributed by atoms with Gasteiger partial charge in [-0.05, 0) is 30.7 Å². The van der Waals surface area contributed by atoms with Crippen molar-refractivity contribution >= 4 is 5.91 Å². The van der Waals surface area contributed by atoms with Gasteiger partial charge < -0.3 is 5.32 Å². The highest BCUT2D eigenvalue weighted by Crippen LogP contribution is 2.05. The number of nitrogens with zero attached hydrogens (tertiary/aromatic N) is 3. The molecule has 0 bridgehead atoms. The van der Waals surface area contributed by atoms with Crippen LogP contribution in [0.15, 0.2) is 35.5 Å². The van der Waals surface area contributed by atoms with Gasteiger partial charge in [-0.15, -0.1) is 0 Å². The van der Waals surface area contributed by atoms with Crippen molar-refractivity contribution in [1.82, 2.24) is 15.3 Å². The molecule has 7 heteroatoms. The van der Waals surface area contributed by atoms with Crippen LogP contribution >= 0.6 is 0 Å². The summed E-state index contributed by atoms with van der Waals surface area (Å²) in [5, 5.41) is 5.41. The first-order valence-electron chi connectivity index (χ1n) is 6.25. The zero-order valence-corrected chi connectivity index (χ0v) is 11.3. The van der Waals surface area contributed by atoms with E-state index < -0.39 is 5.91 Å². The normalized spacial score (nSPS) is 10.2. The summed E-state index contributed by atoms with van der Waals surface area (Å²) in [4.78, 5) is 30.3. The van der Waals surface area contributed by atoms with Gasteiger partial charge in [0.2, 0.25) is 0 Å². The van der Waals surface area contributed by atoms with E-state index >= 15 is 0 Å². The van der Waals surface area contributed by atoms with E-state index in [-0.39, 0.29) is 24.6 Å². The SMILES string of the molecule is Cc1nc(CN=O)cc(C(=O)NCc2ccc(F)cc2)n1. The van der Waals surface area contributed by atoms with Gasteiger partial charge >= 0.3 is 0 Å². The Kier molecular flexibility index (Phi) is 4.65. The molecule has 2 rings (SSSR count). The fraction of sp³-hybridized carbons (Fsp3) is 0.214. The number of benzene rings is 1. The number of halogens is 1. The molecular formula is C14H13FN4O2. The third-order valence-electron chi connectivity index (χ3n) is 2.72. The van der Waals surface area contributed by atoms with Crippen LogP contribution in [0, 0.1) is 17.6 Å². The molecule has 0 radical (unpaired) electrons. The molecule has 0 saturated carbocycles. The first-order chi connectivity index (χ1) is 10.1. The van der Waals surface area contributed by atoms with Gasteiger partial charge in [-0.3, -0.25) is 4.79 Å². The number of nitrogens with one attached hydrogen (secondary N) is 1. The Labute approximate surface area is 120 Å². The Hall–Kier alpha value is -2.70. The summed E-state index contributed by atoms with van der Waals surface area (Å²) in [5.41, 5.74) is 1.33. The van der Waals surface area contributed by atoms with Crippen molar-refractivity contribution in [2.75, 3.05) is 0 Å². The van der Waals surface area contributed by atoms with E-state index in [1.54, 1.807) is 19.1 Å². The Morgan fingerprint density at radius 3 is 2.67 bits per heavy atom. The molecule has 6 nitrogen and oxygen atoms in total. The minimum absolute atomic E-state index is 0.110. The van der Waals surface area contributed by atoms with E-state index in [9.17, 15) is 14.1 Å². The quantitative estimate of drug-likeness (QED) is 0.854. The first kappa shape index (κ1) is 14.7. The van der Waals surface area contributed by atoms with Gasteiger partial charge in [0, 0.05) is 6.54 Å². The van der Waals surface area contributed by atoms with Crippen molar-refractivity contribution in [2.24, 2.45) is 5.18 Å². The van der Waals surface area contributed by atoms with Crippen LogP contribution in [0.4, 0.5) is 4.39 Å². The van der Waals surface area contributed by atoms with Crippen molar-refractivity contribution in [2.45, 2.75) is 20.0 Å². The molecule has 2 aromatic rings. The molecule has 1 aromatic heterocycles. The standard InChI is InChI=1S/C14H13FN4O2/c1-9-18-12(8-17-21)6-13(19-9)14(20)16-7-10-2-4-11(15)5-3-10/h2-6H,7-8H2,1H3,(H,16,20). The highest BCUT2D eigenvalue weighted by Gasteiger charge is 2.10. The van der Waals surface area contributed by atoms with Gasteiger partial charge in [0.05, 0.1) is 5.69 Å².